The van der Waals surface area contributed by atoms with E-state index in [0.29, 0.717) is 12.1 Å². The fourth-order valence-corrected chi connectivity index (χ4v) is 2.98. The second-order valence-electron chi connectivity index (χ2n) is 5.46. The second kappa shape index (κ2) is 4.91. The molecular formula is C16H18FN3O. The zero-order valence-corrected chi connectivity index (χ0v) is 12.1. The van der Waals surface area contributed by atoms with Gasteiger partial charge in [0.25, 0.3) is 5.91 Å². The van der Waals surface area contributed by atoms with Crippen molar-refractivity contribution < 1.29 is 9.18 Å². The lowest BCUT2D eigenvalue weighted by Gasteiger charge is -2.35. The zero-order chi connectivity index (χ0) is 15.1. The van der Waals surface area contributed by atoms with Crippen LogP contribution in [0.3, 0.4) is 0 Å². The number of carbonyl (C=O) groups is 1. The standard InChI is InChI=1S/C16H18FN3O/c1-10-3-6-15-11(2)20(8-7-19(10)15)16(21)13-5-4-12(17)9-14(13)18/h3-6,9,11H,7-8,18H2,1-2H3. The van der Waals surface area contributed by atoms with E-state index in [2.05, 4.69) is 17.6 Å². The van der Waals surface area contributed by atoms with Crippen LogP contribution in [-0.4, -0.2) is 21.9 Å². The molecule has 0 saturated heterocycles. The molecule has 4 nitrogen and oxygen atoms in total. The van der Waals surface area contributed by atoms with Crippen LogP contribution < -0.4 is 5.73 Å². The van der Waals surface area contributed by atoms with Crippen molar-refractivity contribution in [3.63, 3.8) is 0 Å². The van der Waals surface area contributed by atoms with Crippen molar-refractivity contribution in [3.05, 3.63) is 53.1 Å². The van der Waals surface area contributed by atoms with Gasteiger partial charge in [-0.05, 0) is 44.2 Å². The van der Waals surface area contributed by atoms with Crippen LogP contribution in [0.5, 0.6) is 0 Å². The van der Waals surface area contributed by atoms with Crippen LogP contribution in [0.4, 0.5) is 10.1 Å². The molecule has 1 aromatic heterocycles. The summed E-state index contributed by atoms with van der Waals surface area (Å²) < 4.78 is 15.3. The van der Waals surface area contributed by atoms with Gasteiger partial charge in [0.05, 0.1) is 11.6 Å². The molecule has 1 aromatic carbocycles. The summed E-state index contributed by atoms with van der Waals surface area (Å²) in [5.41, 5.74) is 8.64. The first-order chi connectivity index (χ1) is 9.99. The first-order valence-electron chi connectivity index (χ1n) is 7.01. The summed E-state index contributed by atoms with van der Waals surface area (Å²) in [5.74, 6) is -0.578. The molecule has 2 N–H and O–H groups in total. The highest BCUT2D eigenvalue weighted by Gasteiger charge is 2.29. The highest BCUT2D eigenvalue weighted by Crippen LogP contribution is 2.29. The number of amides is 1. The fraction of sp³-hybridized carbons (Fsp3) is 0.312. The molecule has 1 aliphatic rings. The summed E-state index contributed by atoms with van der Waals surface area (Å²) in [6, 6.07) is 8.00. The Hall–Kier alpha value is -2.30. The van der Waals surface area contributed by atoms with Crippen molar-refractivity contribution >= 4 is 11.6 Å². The molecule has 1 atom stereocenters. The number of hydrogen-bond acceptors (Lipinski definition) is 2. The van der Waals surface area contributed by atoms with Crippen molar-refractivity contribution in [2.24, 2.45) is 0 Å². The van der Waals surface area contributed by atoms with Crippen LogP contribution >= 0.6 is 0 Å². The van der Waals surface area contributed by atoms with Gasteiger partial charge in [-0.1, -0.05) is 0 Å². The molecule has 1 unspecified atom stereocenters. The molecule has 0 fully saturated rings. The molecule has 5 heteroatoms. The van der Waals surface area contributed by atoms with Gasteiger partial charge >= 0.3 is 0 Å². The number of hydrogen-bond donors (Lipinski definition) is 1. The maximum Gasteiger partial charge on any atom is 0.256 e. The summed E-state index contributed by atoms with van der Waals surface area (Å²) in [4.78, 5) is 14.5. The highest BCUT2D eigenvalue weighted by atomic mass is 19.1. The van der Waals surface area contributed by atoms with E-state index < -0.39 is 5.82 Å². The lowest BCUT2D eigenvalue weighted by atomic mass is 10.1. The fourth-order valence-electron chi connectivity index (χ4n) is 2.98. The third-order valence-corrected chi connectivity index (χ3v) is 4.20. The van der Waals surface area contributed by atoms with Gasteiger partial charge in [-0.3, -0.25) is 4.79 Å². The summed E-state index contributed by atoms with van der Waals surface area (Å²) in [6.45, 7) is 5.46. The number of anilines is 1. The predicted molar refractivity (Wildman–Crippen MR) is 79.4 cm³/mol. The number of aromatic nitrogens is 1. The smallest absolute Gasteiger partial charge is 0.256 e. The lowest BCUT2D eigenvalue weighted by molar-refractivity contribution is 0.0644. The van der Waals surface area contributed by atoms with Crippen molar-refractivity contribution in [1.29, 1.82) is 0 Å². The number of benzene rings is 1. The van der Waals surface area contributed by atoms with Crippen molar-refractivity contribution in [1.82, 2.24) is 9.47 Å². The van der Waals surface area contributed by atoms with E-state index in [9.17, 15) is 9.18 Å². The van der Waals surface area contributed by atoms with Gasteiger partial charge in [0.1, 0.15) is 5.82 Å². The highest BCUT2D eigenvalue weighted by molar-refractivity contribution is 5.99. The molecule has 2 heterocycles. The van der Waals surface area contributed by atoms with E-state index in [0.717, 1.165) is 12.2 Å². The lowest BCUT2D eigenvalue weighted by Crippen LogP contribution is -2.41. The molecular weight excluding hydrogens is 269 g/mol. The molecule has 0 spiro atoms. The zero-order valence-electron chi connectivity index (χ0n) is 12.1. The quantitative estimate of drug-likeness (QED) is 0.820. The van der Waals surface area contributed by atoms with E-state index >= 15 is 0 Å². The van der Waals surface area contributed by atoms with Crippen LogP contribution in [0.15, 0.2) is 30.3 Å². The van der Waals surface area contributed by atoms with Crippen LogP contribution in [0.2, 0.25) is 0 Å². The number of rotatable bonds is 1. The predicted octanol–water partition coefficient (Wildman–Crippen LogP) is 2.73. The number of fused-ring (bicyclic) bond motifs is 1. The molecule has 0 aliphatic carbocycles. The van der Waals surface area contributed by atoms with Gasteiger partial charge in [0, 0.05) is 30.2 Å². The van der Waals surface area contributed by atoms with Crippen LogP contribution in [0.1, 0.15) is 34.7 Å². The Balaban J connectivity index is 1.93. The maximum atomic E-state index is 13.1. The minimum atomic E-state index is -0.430. The van der Waals surface area contributed by atoms with Crippen molar-refractivity contribution in [3.8, 4) is 0 Å². The SMILES string of the molecule is Cc1ccc2n1CCN(C(=O)c1ccc(F)cc1N)C2C. The van der Waals surface area contributed by atoms with Crippen LogP contribution in [-0.2, 0) is 6.54 Å². The number of carbonyl (C=O) groups excluding carboxylic acids is 1. The van der Waals surface area contributed by atoms with Gasteiger partial charge in [-0.15, -0.1) is 0 Å². The molecule has 21 heavy (non-hydrogen) atoms. The van der Waals surface area contributed by atoms with Crippen molar-refractivity contribution in [2.75, 3.05) is 12.3 Å². The van der Waals surface area contributed by atoms with Gasteiger partial charge in [-0.2, -0.15) is 0 Å². The van der Waals surface area contributed by atoms with Crippen molar-refractivity contribution in [2.45, 2.75) is 26.4 Å². The summed E-state index contributed by atoms with van der Waals surface area (Å²) >= 11 is 0. The maximum absolute atomic E-state index is 13.1. The molecule has 2 aromatic rings. The van der Waals surface area contributed by atoms with E-state index in [1.807, 2.05) is 13.0 Å². The molecule has 1 amide bonds. The first-order valence-corrected chi connectivity index (χ1v) is 7.01. The largest absolute Gasteiger partial charge is 0.398 e. The average Bonchev–Trinajstić information content (AvgIpc) is 2.81. The number of nitrogen functional groups attached to an aromatic ring is 1. The average molecular weight is 287 g/mol. The Morgan fingerprint density at radius 2 is 2.05 bits per heavy atom. The number of halogens is 1. The molecule has 0 radical (unpaired) electrons. The third kappa shape index (κ3) is 2.18. The van der Waals surface area contributed by atoms with Gasteiger partial charge in [0.2, 0.25) is 0 Å². The van der Waals surface area contributed by atoms with E-state index in [1.54, 1.807) is 4.90 Å². The Labute approximate surface area is 123 Å². The normalized spacial score (nSPS) is 17.7. The van der Waals surface area contributed by atoms with Gasteiger partial charge in [-0.25, -0.2) is 4.39 Å². The molecule has 3 rings (SSSR count). The number of aryl methyl sites for hydroxylation is 1. The third-order valence-electron chi connectivity index (χ3n) is 4.20. The topological polar surface area (TPSA) is 51.3 Å². The Morgan fingerprint density at radius 3 is 2.76 bits per heavy atom. The van der Waals surface area contributed by atoms with E-state index in [4.69, 9.17) is 5.73 Å². The Morgan fingerprint density at radius 1 is 1.29 bits per heavy atom. The summed E-state index contributed by atoms with van der Waals surface area (Å²) in [6.07, 6.45) is 0. The monoisotopic (exact) mass is 287 g/mol. The van der Waals surface area contributed by atoms with E-state index in [1.165, 1.54) is 23.9 Å². The summed E-state index contributed by atoms with van der Waals surface area (Å²) in [7, 11) is 0. The Kier molecular flexibility index (Phi) is 3.20. The summed E-state index contributed by atoms with van der Waals surface area (Å²) in [5, 5.41) is 0. The van der Waals surface area contributed by atoms with E-state index in [-0.39, 0.29) is 17.6 Å². The number of nitrogens with zero attached hydrogens (tertiary/aromatic N) is 2. The van der Waals surface area contributed by atoms with Gasteiger partial charge < -0.3 is 15.2 Å². The molecule has 0 saturated carbocycles. The second-order valence-corrected chi connectivity index (χ2v) is 5.46. The minimum Gasteiger partial charge on any atom is -0.398 e. The minimum absolute atomic E-state index is 0.0237. The van der Waals surface area contributed by atoms with Crippen LogP contribution in [0.25, 0.3) is 0 Å². The Bertz CT molecular complexity index is 708. The number of nitrogens with two attached hydrogens (primary N) is 1. The molecule has 0 bridgehead atoms. The van der Waals surface area contributed by atoms with Gasteiger partial charge in [0.15, 0.2) is 0 Å². The first kappa shape index (κ1) is 13.7. The van der Waals surface area contributed by atoms with Crippen LogP contribution in [0, 0.1) is 12.7 Å². The molecule has 1 aliphatic heterocycles. The molecule has 110 valence electrons.